The third-order valence-electron chi connectivity index (χ3n) is 4.79. The summed E-state index contributed by atoms with van der Waals surface area (Å²) in [6.45, 7) is 0.0589. The Labute approximate surface area is 176 Å². The zero-order valence-corrected chi connectivity index (χ0v) is 16.7. The number of carbonyl (C=O) groups excluding carboxylic acids is 2. The van der Waals surface area contributed by atoms with Gasteiger partial charge in [0.25, 0.3) is 16.8 Å². The van der Waals surface area contributed by atoms with Gasteiger partial charge < -0.3 is 4.74 Å². The molecule has 7 nitrogen and oxygen atoms in total. The van der Waals surface area contributed by atoms with Gasteiger partial charge in [-0.05, 0) is 40.4 Å². The predicted octanol–water partition coefficient (Wildman–Crippen LogP) is 4.99. The molecule has 8 heteroatoms. The summed E-state index contributed by atoms with van der Waals surface area (Å²) in [5.74, 6) is 0.345. The van der Waals surface area contributed by atoms with Crippen LogP contribution in [0.1, 0.15) is 11.1 Å². The first-order valence-electron chi connectivity index (χ1n) is 9.02. The number of carbonyl (C=O) groups is 2. The molecule has 0 aliphatic carbocycles. The van der Waals surface area contributed by atoms with Crippen LogP contribution >= 0.6 is 11.8 Å². The van der Waals surface area contributed by atoms with Gasteiger partial charge in [-0.3, -0.25) is 24.6 Å². The fourth-order valence-corrected chi connectivity index (χ4v) is 4.11. The lowest BCUT2D eigenvalue weighted by atomic mass is 10.0. The fourth-order valence-electron chi connectivity index (χ4n) is 3.28. The van der Waals surface area contributed by atoms with Crippen LogP contribution < -0.4 is 4.74 Å². The van der Waals surface area contributed by atoms with Crippen molar-refractivity contribution in [1.82, 2.24) is 4.90 Å². The molecule has 1 fully saturated rings. The molecule has 0 bridgehead atoms. The van der Waals surface area contributed by atoms with Gasteiger partial charge in [0.2, 0.25) is 0 Å². The van der Waals surface area contributed by atoms with Crippen LogP contribution in [0.3, 0.4) is 0 Å². The normalized spacial score (nSPS) is 15.2. The van der Waals surface area contributed by atoms with Crippen LogP contribution in [0.4, 0.5) is 10.5 Å². The number of ether oxygens (including phenoxy) is 1. The zero-order chi connectivity index (χ0) is 21.3. The van der Waals surface area contributed by atoms with Gasteiger partial charge in [0.1, 0.15) is 5.75 Å². The van der Waals surface area contributed by atoms with E-state index in [0.29, 0.717) is 10.5 Å². The monoisotopic (exact) mass is 420 g/mol. The van der Waals surface area contributed by atoms with Gasteiger partial charge in [0.05, 0.1) is 23.5 Å². The van der Waals surface area contributed by atoms with Crippen molar-refractivity contribution in [2.24, 2.45) is 0 Å². The third-order valence-corrected chi connectivity index (χ3v) is 5.69. The molecule has 3 aromatic rings. The number of benzene rings is 3. The molecule has 2 amide bonds. The lowest BCUT2D eigenvalue weighted by molar-refractivity contribution is -0.384. The van der Waals surface area contributed by atoms with E-state index >= 15 is 0 Å². The predicted molar refractivity (Wildman–Crippen MR) is 115 cm³/mol. The molecule has 0 aromatic heterocycles. The summed E-state index contributed by atoms with van der Waals surface area (Å²) in [5.41, 5.74) is 1.41. The molecule has 0 saturated carbocycles. The van der Waals surface area contributed by atoms with Gasteiger partial charge in [0.15, 0.2) is 0 Å². The number of nitro groups is 1. The Balaban J connectivity index is 1.62. The maximum atomic E-state index is 12.8. The number of hydrogen-bond acceptors (Lipinski definition) is 6. The molecular weight excluding hydrogens is 404 g/mol. The van der Waals surface area contributed by atoms with E-state index < -0.39 is 4.92 Å². The average molecular weight is 420 g/mol. The number of nitrogens with zero attached hydrogens (tertiary/aromatic N) is 2. The summed E-state index contributed by atoms with van der Waals surface area (Å²) in [7, 11) is 1.60. The quantitative estimate of drug-likeness (QED) is 0.328. The van der Waals surface area contributed by atoms with Crippen LogP contribution in [-0.2, 0) is 11.3 Å². The highest BCUT2D eigenvalue weighted by Crippen LogP contribution is 2.36. The second kappa shape index (κ2) is 8.00. The minimum atomic E-state index is -0.494. The van der Waals surface area contributed by atoms with Gasteiger partial charge in [0, 0.05) is 17.5 Å². The summed E-state index contributed by atoms with van der Waals surface area (Å²) < 4.78 is 5.40. The molecule has 4 rings (SSSR count). The van der Waals surface area contributed by atoms with Crippen LogP contribution in [0.25, 0.3) is 16.8 Å². The van der Waals surface area contributed by atoms with Crippen LogP contribution in [0.15, 0.2) is 65.6 Å². The van der Waals surface area contributed by atoms with Gasteiger partial charge in [-0.15, -0.1) is 0 Å². The Bertz CT molecular complexity index is 1200. The Kier molecular flexibility index (Phi) is 5.24. The highest BCUT2D eigenvalue weighted by molar-refractivity contribution is 8.18. The molecule has 0 unspecified atom stereocenters. The smallest absolute Gasteiger partial charge is 0.293 e. The molecule has 1 aliphatic rings. The molecule has 3 aromatic carbocycles. The van der Waals surface area contributed by atoms with Crippen molar-refractivity contribution in [1.29, 1.82) is 0 Å². The van der Waals surface area contributed by atoms with Crippen LogP contribution in [-0.4, -0.2) is 28.1 Å². The molecule has 1 aliphatic heterocycles. The number of non-ortho nitro benzene ring substituents is 1. The Morgan fingerprint density at radius 3 is 2.40 bits per heavy atom. The van der Waals surface area contributed by atoms with Crippen molar-refractivity contribution < 1.29 is 19.2 Å². The Hall–Kier alpha value is -3.65. The first kappa shape index (κ1) is 19.7. The molecular formula is C22H16N2O5S. The number of rotatable bonds is 5. The third kappa shape index (κ3) is 3.65. The minimum Gasteiger partial charge on any atom is -0.496 e. The summed E-state index contributed by atoms with van der Waals surface area (Å²) in [6, 6.07) is 17.2. The summed E-state index contributed by atoms with van der Waals surface area (Å²) in [4.78, 5) is 37.0. The number of amides is 2. The highest BCUT2D eigenvalue weighted by atomic mass is 32.2. The van der Waals surface area contributed by atoms with Crippen LogP contribution in [0.5, 0.6) is 5.75 Å². The first-order chi connectivity index (χ1) is 14.5. The molecule has 150 valence electrons. The largest absolute Gasteiger partial charge is 0.496 e. The van der Waals surface area contributed by atoms with E-state index in [1.54, 1.807) is 25.3 Å². The molecule has 0 radical (unpaired) electrons. The lowest BCUT2D eigenvalue weighted by Crippen LogP contribution is -2.27. The Morgan fingerprint density at radius 1 is 1.03 bits per heavy atom. The molecule has 0 spiro atoms. The number of fused-ring (bicyclic) bond motifs is 1. The minimum absolute atomic E-state index is 0.0424. The number of thioether (sulfide) groups is 1. The molecule has 30 heavy (non-hydrogen) atoms. The maximum absolute atomic E-state index is 12.8. The van der Waals surface area contributed by atoms with Crippen molar-refractivity contribution in [3.63, 3.8) is 0 Å². The highest BCUT2D eigenvalue weighted by Gasteiger charge is 2.35. The van der Waals surface area contributed by atoms with Gasteiger partial charge >= 0.3 is 0 Å². The van der Waals surface area contributed by atoms with E-state index in [1.807, 2.05) is 36.4 Å². The van der Waals surface area contributed by atoms with Crippen LogP contribution in [0, 0.1) is 10.1 Å². The maximum Gasteiger partial charge on any atom is 0.293 e. The fraction of sp³-hybridized carbons (Fsp3) is 0.0909. The van der Waals surface area contributed by atoms with Gasteiger partial charge in [-0.2, -0.15) is 0 Å². The van der Waals surface area contributed by atoms with E-state index in [1.165, 1.54) is 12.1 Å². The van der Waals surface area contributed by atoms with Crippen molar-refractivity contribution in [3.8, 4) is 5.75 Å². The zero-order valence-electron chi connectivity index (χ0n) is 15.9. The van der Waals surface area contributed by atoms with Crippen molar-refractivity contribution >= 4 is 45.4 Å². The molecule has 1 saturated heterocycles. The SMILES string of the molecule is COc1ccc(C=C2SC(=O)N(Cc3ccc([N+](=O)[O-])cc3)C2=O)c2ccccc12. The van der Waals surface area contributed by atoms with Gasteiger partial charge in [-0.25, -0.2) is 0 Å². The number of imide groups is 1. The summed E-state index contributed by atoms with van der Waals surface area (Å²) >= 11 is 0.881. The number of nitro benzene ring substituents is 1. The second-order valence-corrected chi connectivity index (χ2v) is 7.59. The van der Waals surface area contributed by atoms with E-state index in [-0.39, 0.29) is 23.4 Å². The molecule has 0 N–H and O–H groups in total. The second-order valence-electron chi connectivity index (χ2n) is 6.59. The summed E-state index contributed by atoms with van der Waals surface area (Å²) in [5, 5.41) is 12.2. The topological polar surface area (TPSA) is 89.8 Å². The number of hydrogen-bond donors (Lipinski definition) is 0. The van der Waals surface area contributed by atoms with E-state index in [2.05, 4.69) is 0 Å². The standard InChI is InChI=1S/C22H16N2O5S/c1-29-19-11-8-15(17-4-2-3-5-18(17)19)12-20-21(25)23(22(26)30-20)13-14-6-9-16(10-7-14)24(27)28/h2-12H,13H2,1H3. The molecule has 0 atom stereocenters. The average Bonchev–Trinajstić information content (AvgIpc) is 3.01. The number of methoxy groups -OCH3 is 1. The van der Waals surface area contributed by atoms with Crippen molar-refractivity contribution in [2.75, 3.05) is 7.11 Å². The Morgan fingerprint density at radius 2 is 1.73 bits per heavy atom. The lowest BCUT2D eigenvalue weighted by Gasteiger charge is -2.12. The first-order valence-corrected chi connectivity index (χ1v) is 9.84. The summed E-state index contributed by atoms with van der Waals surface area (Å²) in [6.07, 6.45) is 1.71. The van der Waals surface area contributed by atoms with Crippen LogP contribution in [0.2, 0.25) is 0 Å². The van der Waals surface area contributed by atoms with Crippen molar-refractivity contribution in [2.45, 2.75) is 6.54 Å². The van der Waals surface area contributed by atoms with Gasteiger partial charge in [-0.1, -0.05) is 42.5 Å². The van der Waals surface area contributed by atoms with E-state index in [0.717, 1.165) is 38.7 Å². The van der Waals surface area contributed by atoms with Crippen molar-refractivity contribution in [3.05, 3.63) is 86.8 Å². The van der Waals surface area contributed by atoms with E-state index in [4.69, 9.17) is 4.74 Å². The van der Waals surface area contributed by atoms with E-state index in [9.17, 15) is 19.7 Å². The molecule has 1 heterocycles.